The number of unbranched alkanes of at least 4 members (excludes halogenated alkanes) is 1. The maximum Gasteiger partial charge on any atom is 0.261 e. The van der Waals surface area contributed by atoms with E-state index >= 15 is 0 Å². The van der Waals surface area contributed by atoms with E-state index in [0.29, 0.717) is 17.7 Å². The van der Waals surface area contributed by atoms with E-state index in [1.807, 2.05) is 12.1 Å². The summed E-state index contributed by atoms with van der Waals surface area (Å²) in [4.78, 5) is 28.8. The largest absolute Gasteiger partial charge is 0.303 e. The summed E-state index contributed by atoms with van der Waals surface area (Å²) >= 11 is 0. The van der Waals surface area contributed by atoms with Crippen LogP contribution in [0.2, 0.25) is 0 Å². The number of fused-ring (bicyclic) bond motifs is 3. The molecule has 2 aromatic carbocycles. The van der Waals surface area contributed by atoms with Crippen molar-refractivity contribution < 1.29 is 9.59 Å². The summed E-state index contributed by atoms with van der Waals surface area (Å²) in [6, 6.07) is 15.9. The van der Waals surface area contributed by atoms with Crippen molar-refractivity contribution in [1.29, 1.82) is 0 Å². The Bertz CT molecular complexity index is 951. The van der Waals surface area contributed by atoms with Crippen LogP contribution in [0.25, 0.3) is 6.08 Å². The van der Waals surface area contributed by atoms with Gasteiger partial charge in [-0.1, -0.05) is 48.6 Å². The number of hydrogen-bond acceptors (Lipinski definition) is 3. The molecule has 1 fully saturated rings. The van der Waals surface area contributed by atoms with Crippen LogP contribution in [0.15, 0.2) is 54.6 Å². The van der Waals surface area contributed by atoms with E-state index in [-0.39, 0.29) is 17.2 Å². The van der Waals surface area contributed by atoms with Crippen LogP contribution in [0, 0.1) is 0 Å². The molecule has 1 aliphatic carbocycles. The molecule has 0 atom stereocenters. The van der Waals surface area contributed by atoms with Crippen molar-refractivity contribution in [2.75, 3.05) is 26.2 Å². The number of likely N-dealkylation sites (tertiary alicyclic amines) is 1. The van der Waals surface area contributed by atoms with Crippen molar-refractivity contribution >= 4 is 17.9 Å². The second-order valence-electron chi connectivity index (χ2n) is 8.43. The van der Waals surface area contributed by atoms with Crippen LogP contribution in [0.5, 0.6) is 0 Å². The van der Waals surface area contributed by atoms with Gasteiger partial charge in [0, 0.05) is 12.0 Å². The summed E-state index contributed by atoms with van der Waals surface area (Å²) in [5.41, 5.74) is 4.19. The SMILES string of the molecule is O=C1c2ccccc2C(=O)N1CCCCN1CCC2(C=Cc3ccccc32)CC1. The number of carbonyl (C=O) groups excluding carboxylic acids is 2. The molecule has 0 bridgehead atoms. The molecule has 2 amide bonds. The van der Waals surface area contributed by atoms with Crippen molar-refractivity contribution in [1.82, 2.24) is 9.80 Å². The minimum atomic E-state index is -0.141. The summed E-state index contributed by atoms with van der Waals surface area (Å²) < 4.78 is 0. The number of allylic oxidation sites excluding steroid dienone is 1. The highest BCUT2D eigenvalue weighted by Gasteiger charge is 2.38. The van der Waals surface area contributed by atoms with Gasteiger partial charge in [0.1, 0.15) is 0 Å². The molecule has 0 saturated carbocycles. The predicted molar refractivity (Wildman–Crippen MR) is 114 cm³/mol. The Kier molecular flexibility index (Phi) is 4.59. The molecule has 1 spiro atoms. The Morgan fingerprint density at radius 1 is 0.793 bits per heavy atom. The van der Waals surface area contributed by atoms with Gasteiger partial charge in [0.2, 0.25) is 0 Å². The summed E-state index contributed by atoms with van der Waals surface area (Å²) in [6.07, 6.45) is 8.89. The maximum absolute atomic E-state index is 12.4. The first-order valence-corrected chi connectivity index (χ1v) is 10.6. The van der Waals surface area contributed by atoms with Crippen LogP contribution in [-0.2, 0) is 5.41 Å². The van der Waals surface area contributed by atoms with Gasteiger partial charge in [-0.05, 0) is 68.6 Å². The molecular formula is C25H26N2O2. The molecule has 0 unspecified atom stereocenters. The normalized spacial score (nSPS) is 19.8. The predicted octanol–water partition coefficient (Wildman–Crippen LogP) is 4.12. The van der Waals surface area contributed by atoms with Gasteiger partial charge in [0.05, 0.1) is 11.1 Å². The Morgan fingerprint density at radius 2 is 1.41 bits per heavy atom. The number of hydrogen-bond donors (Lipinski definition) is 0. The molecule has 3 aliphatic rings. The van der Waals surface area contributed by atoms with Gasteiger partial charge in [0.25, 0.3) is 11.8 Å². The van der Waals surface area contributed by atoms with Crippen molar-refractivity contribution in [3.8, 4) is 0 Å². The molecule has 4 heteroatoms. The lowest BCUT2D eigenvalue weighted by molar-refractivity contribution is 0.0649. The fourth-order valence-electron chi connectivity index (χ4n) is 5.09. The second kappa shape index (κ2) is 7.27. The van der Waals surface area contributed by atoms with Crippen molar-refractivity contribution in [2.24, 2.45) is 0 Å². The molecule has 2 aromatic rings. The number of imide groups is 1. The lowest BCUT2D eigenvalue weighted by atomic mass is 9.74. The minimum absolute atomic E-state index is 0.141. The standard InChI is InChI=1S/C25H26N2O2/c28-23-20-8-2-3-9-21(20)24(29)27(23)16-6-5-15-26-17-13-25(14-18-26)12-11-19-7-1-4-10-22(19)25/h1-4,7-12H,5-6,13-18H2. The lowest BCUT2D eigenvalue weighted by Crippen LogP contribution is -2.41. The quantitative estimate of drug-likeness (QED) is 0.573. The van der Waals surface area contributed by atoms with Crippen LogP contribution in [-0.4, -0.2) is 47.8 Å². The highest BCUT2D eigenvalue weighted by molar-refractivity contribution is 6.21. The van der Waals surface area contributed by atoms with Crippen LogP contribution < -0.4 is 0 Å². The minimum Gasteiger partial charge on any atom is -0.303 e. The molecule has 5 rings (SSSR count). The molecule has 148 valence electrons. The lowest BCUT2D eigenvalue weighted by Gasteiger charge is -2.39. The third-order valence-electron chi connectivity index (χ3n) is 6.81. The molecule has 2 heterocycles. The van der Waals surface area contributed by atoms with Gasteiger partial charge >= 0.3 is 0 Å². The molecule has 0 aromatic heterocycles. The first-order valence-electron chi connectivity index (χ1n) is 10.6. The van der Waals surface area contributed by atoms with Crippen LogP contribution in [0.3, 0.4) is 0 Å². The van der Waals surface area contributed by atoms with Crippen molar-refractivity contribution in [2.45, 2.75) is 31.1 Å². The van der Waals surface area contributed by atoms with Gasteiger partial charge in [-0.3, -0.25) is 14.5 Å². The van der Waals surface area contributed by atoms with Gasteiger partial charge in [-0.25, -0.2) is 0 Å². The zero-order valence-corrected chi connectivity index (χ0v) is 16.6. The first kappa shape index (κ1) is 18.3. The highest BCUT2D eigenvalue weighted by atomic mass is 16.2. The van der Waals surface area contributed by atoms with Crippen molar-refractivity contribution in [3.05, 3.63) is 76.9 Å². The molecular weight excluding hydrogens is 360 g/mol. The van der Waals surface area contributed by atoms with E-state index in [0.717, 1.165) is 32.5 Å². The third kappa shape index (κ3) is 3.12. The fourth-order valence-corrected chi connectivity index (χ4v) is 5.09. The van der Waals surface area contributed by atoms with E-state index in [2.05, 4.69) is 41.3 Å². The number of piperidine rings is 1. The zero-order valence-electron chi connectivity index (χ0n) is 16.6. The maximum atomic E-state index is 12.4. The van der Waals surface area contributed by atoms with Gasteiger partial charge < -0.3 is 4.90 Å². The third-order valence-corrected chi connectivity index (χ3v) is 6.81. The molecule has 4 nitrogen and oxygen atoms in total. The first-order chi connectivity index (χ1) is 14.2. The van der Waals surface area contributed by atoms with Gasteiger partial charge in [-0.15, -0.1) is 0 Å². The van der Waals surface area contributed by atoms with E-state index in [9.17, 15) is 9.59 Å². The Balaban J connectivity index is 1.10. The summed E-state index contributed by atoms with van der Waals surface area (Å²) in [5, 5.41) is 0. The van der Waals surface area contributed by atoms with Crippen LogP contribution in [0.1, 0.15) is 57.5 Å². The number of benzene rings is 2. The summed E-state index contributed by atoms with van der Waals surface area (Å²) in [5.74, 6) is -0.283. The monoisotopic (exact) mass is 386 g/mol. The van der Waals surface area contributed by atoms with Crippen LogP contribution >= 0.6 is 0 Å². The molecule has 0 N–H and O–H groups in total. The Hall–Kier alpha value is -2.72. The smallest absolute Gasteiger partial charge is 0.261 e. The molecule has 2 aliphatic heterocycles. The molecule has 0 radical (unpaired) electrons. The van der Waals surface area contributed by atoms with E-state index in [1.165, 1.54) is 28.9 Å². The van der Waals surface area contributed by atoms with Crippen molar-refractivity contribution in [3.63, 3.8) is 0 Å². The summed E-state index contributed by atoms with van der Waals surface area (Å²) in [6.45, 7) is 3.75. The Morgan fingerprint density at radius 3 is 2.14 bits per heavy atom. The van der Waals surface area contributed by atoms with E-state index < -0.39 is 0 Å². The molecule has 1 saturated heterocycles. The number of nitrogens with zero attached hydrogens (tertiary/aromatic N) is 2. The van der Waals surface area contributed by atoms with Gasteiger partial charge in [-0.2, -0.15) is 0 Å². The Labute approximate surface area is 171 Å². The van der Waals surface area contributed by atoms with Crippen LogP contribution in [0.4, 0.5) is 0 Å². The number of amides is 2. The summed E-state index contributed by atoms with van der Waals surface area (Å²) in [7, 11) is 0. The number of rotatable bonds is 5. The zero-order chi connectivity index (χ0) is 19.8. The van der Waals surface area contributed by atoms with E-state index in [4.69, 9.17) is 0 Å². The topological polar surface area (TPSA) is 40.6 Å². The molecule has 29 heavy (non-hydrogen) atoms. The average molecular weight is 386 g/mol. The van der Waals surface area contributed by atoms with Gasteiger partial charge in [0.15, 0.2) is 0 Å². The van der Waals surface area contributed by atoms with E-state index in [1.54, 1.807) is 12.1 Å². The average Bonchev–Trinajstić information content (AvgIpc) is 3.24. The highest BCUT2D eigenvalue weighted by Crippen LogP contribution is 2.43. The second-order valence-corrected chi connectivity index (χ2v) is 8.43. The fraction of sp³-hybridized carbons (Fsp3) is 0.360. The number of carbonyl (C=O) groups is 2.